The van der Waals surface area contributed by atoms with E-state index in [0.717, 1.165) is 28.5 Å². The van der Waals surface area contributed by atoms with Gasteiger partial charge in [-0.15, -0.1) is 11.3 Å². The lowest BCUT2D eigenvalue weighted by atomic mass is 10.1. The molecule has 0 unspecified atom stereocenters. The summed E-state index contributed by atoms with van der Waals surface area (Å²) >= 11 is 1.63. The molecule has 2 aromatic heterocycles. The fourth-order valence-electron chi connectivity index (χ4n) is 2.88. The molecule has 6 heteroatoms. The Morgan fingerprint density at radius 1 is 1.18 bits per heavy atom. The van der Waals surface area contributed by atoms with Crippen LogP contribution in [-0.4, -0.2) is 38.0 Å². The fourth-order valence-corrected chi connectivity index (χ4v) is 3.52. The molecule has 0 radical (unpaired) electrons. The van der Waals surface area contributed by atoms with Crippen molar-refractivity contribution < 1.29 is 18.6 Å². The maximum atomic E-state index is 5.88. The lowest BCUT2D eigenvalue weighted by Crippen LogP contribution is -2.21. The third-order valence-electron chi connectivity index (χ3n) is 4.46. The van der Waals surface area contributed by atoms with Gasteiger partial charge in [-0.25, -0.2) is 4.98 Å². The van der Waals surface area contributed by atoms with Crippen molar-refractivity contribution >= 4 is 11.3 Å². The van der Waals surface area contributed by atoms with Gasteiger partial charge in [-0.3, -0.25) is 0 Å². The minimum atomic E-state index is 0.0689. The zero-order valence-corrected chi connectivity index (χ0v) is 17.5. The summed E-state index contributed by atoms with van der Waals surface area (Å²) in [4.78, 5) is 5.65. The predicted molar refractivity (Wildman–Crippen MR) is 111 cm³/mol. The number of benzene rings is 1. The number of ether oxygens (including phenoxy) is 3. The van der Waals surface area contributed by atoms with E-state index < -0.39 is 0 Å². The maximum absolute atomic E-state index is 5.88. The number of oxazole rings is 1. The summed E-state index contributed by atoms with van der Waals surface area (Å²) in [6, 6.07) is 12.1. The Morgan fingerprint density at radius 2 is 2.00 bits per heavy atom. The van der Waals surface area contributed by atoms with Crippen LogP contribution >= 0.6 is 11.3 Å². The fraction of sp³-hybridized carbons (Fsp3) is 0.409. The van der Waals surface area contributed by atoms with Crippen molar-refractivity contribution in [2.45, 2.75) is 32.8 Å². The van der Waals surface area contributed by atoms with E-state index in [2.05, 4.69) is 17.1 Å². The summed E-state index contributed by atoms with van der Waals surface area (Å²) in [6.07, 6.45) is 1.60. The summed E-state index contributed by atoms with van der Waals surface area (Å²) in [6.45, 7) is 5.80. The Kier molecular flexibility index (Phi) is 7.65. The van der Waals surface area contributed by atoms with Crippen molar-refractivity contribution in [2.24, 2.45) is 0 Å². The van der Waals surface area contributed by atoms with E-state index in [4.69, 9.17) is 18.6 Å². The Hall–Kier alpha value is -2.15. The molecule has 0 aliphatic carbocycles. The second-order valence-corrected chi connectivity index (χ2v) is 7.41. The van der Waals surface area contributed by atoms with Crippen LogP contribution in [0.4, 0.5) is 0 Å². The number of aromatic nitrogens is 1. The van der Waals surface area contributed by atoms with Crippen LogP contribution in [0.2, 0.25) is 0 Å². The number of rotatable bonds is 11. The molecule has 1 aromatic carbocycles. The lowest BCUT2D eigenvalue weighted by Gasteiger charge is -2.15. The van der Waals surface area contributed by atoms with E-state index in [9.17, 15) is 0 Å². The van der Waals surface area contributed by atoms with Crippen molar-refractivity contribution in [1.29, 1.82) is 0 Å². The van der Waals surface area contributed by atoms with E-state index in [1.807, 2.05) is 43.5 Å². The third-order valence-corrected chi connectivity index (χ3v) is 5.32. The minimum absolute atomic E-state index is 0.0689. The minimum Gasteiger partial charge on any atom is -0.493 e. The van der Waals surface area contributed by atoms with Gasteiger partial charge in [0.25, 0.3) is 0 Å². The molecular formula is C22H27NO4S. The zero-order valence-electron chi connectivity index (χ0n) is 16.6. The molecule has 0 spiro atoms. The number of hydrogen-bond donors (Lipinski definition) is 0. The quantitative estimate of drug-likeness (QED) is 0.456. The summed E-state index contributed by atoms with van der Waals surface area (Å²) in [5.74, 6) is 2.39. The van der Waals surface area contributed by atoms with Gasteiger partial charge in [0.1, 0.15) is 11.5 Å². The first-order valence-corrected chi connectivity index (χ1v) is 10.4. The van der Waals surface area contributed by atoms with Crippen LogP contribution in [0.3, 0.4) is 0 Å². The standard InChI is InChI=1S/C22H27NO4S/c1-4-25-15-19(24-3)14-17-7-9-18(10-8-17)26-12-11-20-16(2)27-22(23-20)21-6-5-13-28-21/h5-10,13,19H,4,11-12,14-15H2,1-3H3/t19-/m0/s1. The van der Waals surface area contributed by atoms with Crippen molar-refractivity contribution in [2.75, 3.05) is 26.9 Å². The highest BCUT2D eigenvalue weighted by atomic mass is 32.1. The van der Waals surface area contributed by atoms with Crippen molar-refractivity contribution in [3.8, 4) is 16.5 Å². The smallest absolute Gasteiger partial charge is 0.236 e. The average Bonchev–Trinajstić information content (AvgIpc) is 3.36. The molecule has 3 aromatic rings. The molecule has 0 bridgehead atoms. The summed E-state index contributed by atoms with van der Waals surface area (Å²) < 4.78 is 22.6. The number of nitrogens with zero attached hydrogens (tertiary/aromatic N) is 1. The third kappa shape index (κ3) is 5.67. The molecule has 0 amide bonds. The Morgan fingerprint density at radius 3 is 2.68 bits per heavy atom. The van der Waals surface area contributed by atoms with Crippen LogP contribution in [0.15, 0.2) is 46.2 Å². The first-order chi connectivity index (χ1) is 13.7. The lowest BCUT2D eigenvalue weighted by molar-refractivity contribution is 0.0132. The topological polar surface area (TPSA) is 53.7 Å². The molecule has 0 aliphatic heterocycles. The summed E-state index contributed by atoms with van der Waals surface area (Å²) in [7, 11) is 1.72. The molecule has 0 fully saturated rings. The monoisotopic (exact) mass is 401 g/mol. The number of thiophene rings is 1. The highest BCUT2D eigenvalue weighted by Crippen LogP contribution is 2.26. The second-order valence-electron chi connectivity index (χ2n) is 6.46. The average molecular weight is 402 g/mol. The van der Waals surface area contributed by atoms with Crippen molar-refractivity contribution in [1.82, 2.24) is 4.98 Å². The number of aryl methyl sites for hydroxylation is 1. The van der Waals surface area contributed by atoms with Gasteiger partial charge in [-0.05, 0) is 43.0 Å². The zero-order chi connectivity index (χ0) is 19.8. The summed E-state index contributed by atoms with van der Waals surface area (Å²) in [5.41, 5.74) is 2.14. The Labute approximate surface area is 170 Å². The first-order valence-electron chi connectivity index (χ1n) is 9.52. The molecule has 5 nitrogen and oxygen atoms in total. The van der Waals surface area contributed by atoms with Crippen LogP contribution < -0.4 is 4.74 Å². The second kappa shape index (κ2) is 10.4. The molecule has 1 atom stereocenters. The molecule has 150 valence electrons. The van der Waals surface area contributed by atoms with Crippen LogP contribution in [0.25, 0.3) is 10.8 Å². The number of methoxy groups -OCH3 is 1. The Bertz CT molecular complexity index is 827. The van der Waals surface area contributed by atoms with Gasteiger partial charge in [0.15, 0.2) is 0 Å². The van der Waals surface area contributed by atoms with Gasteiger partial charge in [0.05, 0.1) is 29.9 Å². The highest BCUT2D eigenvalue weighted by molar-refractivity contribution is 7.13. The van der Waals surface area contributed by atoms with Gasteiger partial charge in [0, 0.05) is 26.6 Å². The molecule has 0 aliphatic rings. The first kappa shape index (κ1) is 20.6. The van der Waals surface area contributed by atoms with Crippen LogP contribution in [0, 0.1) is 6.92 Å². The molecule has 28 heavy (non-hydrogen) atoms. The maximum Gasteiger partial charge on any atom is 0.236 e. The van der Waals surface area contributed by atoms with Crippen molar-refractivity contribution in [3.63, 3.8) is 0 Å². The van der Waals surface area contributed by atoms with E-state index in [1.165, 1.54) is 5.56 Å². The highest BCUT2D eigenvalue weighted by Gasteiger charge is 2.12. The van der Waals surface area contributed by atoms with Crippen molar-refractivity contribution in [3.05, 3.63) is 58.8 Å². The van der Waals surface area contributed by atoms with Gasteiger partial charge in [0.2, 0.25) is 5.89 Å². The number of hydrogen-bond acceptors (Lipinski definition) is 6. The normalized spacial score (nSPS) is 12.2. The van der Waals surface area contributed by atoms with E-state index >= 15 is 0 Å². The molecule has 2 heterocycles. The predicted octanol–water partition coefficient (Wildman–Crippen LogP) is 4.93. The van der Waals surface area contributed by atoms with E-state index in [1.54, 1.807) is 18.4 Å². The van der Waals surface area contributed by atoms with Gasteiger partial charge < -0.3 is 18.6 Å². The van der Waals surface area contributed by atoms with Gasteiger partial charge in [-0.1, -0.05) is 18.2 Å². The summed E-state index contributed by atoms with van der Waals surface area (Å²) in [5, 5.41) is 2.02. The van der Waals surface area contributed by atoms with Crippen LogP contribution in [0.1, 0.15) is 23.9 Å². The van der Waals surface area contributed by atoms with Crippen LogP contribution in [-0.2, 0) is 22.3 Å². The largest absolute Gasteiger partial charge is 0.493 e. The molecule has 0 N–H and O–H groups in total. The molecule has 3 rings (SSSR count). The van der Waals surface area contributed by atoms with E-state index in [0.29, 0.717) is 32.1 Å². The molecule has 0 saturated carbocycles. The Balaban J connectivity index is 1.49. The van der Waals surface area contributed by atoms with E-state index in [-0.39, 0.29) is 6.10 Å². The molecule has 0 saturated heterocycles. The SMILES string of the molecule is CCOC[C@H](Cc1ccc(OCCc2nc(-c3cccs3)oc2C)cc1)OC. The molecular weight excluding hydrogens is 374 g/mol. The van der Waals surface area contributed by atoms with Crippen LogP contribution in [0.5, 0.6) is 5.75 Å². The van der Waals surface area contributed by atoms with Gasteiger partial charge >= 0.3 is 0 Å². The van der Waals surface area contributed by atoms with Gasteiger partial charge in [-0.2, -0.15) is 0 Å².